The van der Waals surface area contributed by atoms with E-state index in [1.807, 2.05) is 26.8 Å². The lowest BCUT2D eigenvalue weighted by atomic mass is 10.0. The molecule has 0 unspecified atom stereocenters. The van der Waals surface area contributed by atoms with Crippen LogP contribution in [0.5, 0.6) is 0 Å². The fourth-order valence-corrected chi connectivity index (χ4v) is 2.33. The van der Waals surface area contributed by atoms with E-state index in [2.05, 4.69) is 20.2 Å². The second-order valence-corrected chi connectivity index (χ2v) is 6.76. The van der Waals surface area contributed by atoms with Crippen LogP contribution in [-0.2, 0) is 15.9 Å². The number of carbonyl (C=O) groups excluding carboxylic acids is 1. The molecule has 1 saturated heterocycles. The summed E-state index contributed by atoms with van der Waals surface area (Å²) < 4.78 is 10.3. The fourth-order valence-electron chi connectivity index (χ4n) is 2.33. The molecule has 0 spiro atoms. The number of rotatable bonds is 6. The number of aromatic nitrogens is 2. The van der Waals surface area contributed by atoms with Gasteiger partial charge in [-0.05, 0) is 20.8 Å². The Hall–Kier alpha value is -1.89. The van der Waals surface area contributed by atoms with Gasteiger partial charge >= 0.3 is 6.09 Å². The topological polar surface area (TPSA) is 76.6 Å². The minimum Gasteiger partial charge on any atom is -0.444 e. The molecule has 1 amide bonds. The first kappa shape index (κ1) is 17.5. The molecule has 1 aliphatic heterocycles. The Morgan fingerprint density at radius 3 is 2.78 bits per heavy atom. The lowest BCUT2D eigenvalue weighted by Crippen LogP contribution is -2.52. The molecule has 2 rings (SSSR count). The van der Waals surface area contributed by atoms with E-state index in [9.17, 15) is 4.79 Å². The molecule has 1 aliphatic rings. The lowest BCUT2D eigenvalue weighted by molar-refractivity contribution is 0.0516. The summed E-state index contributed by atoms with van der Waals surface area (Å²) in [6.07, 6.45) is 2.01. The Morgan fingerprint density at radius 1 is 1.39 bits per heavy atom. The van der Waals surface area contributed by atoms with Crippen molar-refractivity contribution >= 4 is 11.9 Å². The van der Waals surface area contributed by atoms with Crippen molar-refractivity contribution in [2.24, 2.45) is 5.92 Å². The monoisotopic (exact) mass is 322 g/mol. The van der Waals surface area contributed by atoms with Gasteiger partial charge in [-0.3, -0.25) is 0 Å². The van der Waals surface area contributed by atoms with Gasteiger partial charge in [0, 0.05) is 50.8 Å². The van der Waals surface area contributed by atoms with Crippen LogP contribution in [0, 0.1) is 5.92 Å². The van der Waals surface area contributed by atoms with Crippen molar-refractivity contribution < 1.29 is 14.3 Å². The first-order valence-electron chi connectivity index (χ1n) is 7.89. The van der Waals surface area contributed by atoms with Crippen molar-refractivity contribution in [3.8, 4) is 0 Å². The zero-order chi connectivity index (χ0) is 16.9. The molecule has 1 N–H and O–H groups in total. The number of hydrogen-bond acceptors (Lipinski definition) is 6. The van der Waals surface area contributed by atoms with Gasteiger partial charge in [0.15, 0.2) is 0 Å². The van der Waals surface area contributed by atoms with E-state index in [4.69, 9.17) is 9.47 Å². The summed E-state index contributed by atoms with van der Waals surface area (Å²) in [6.45, 7) is 8.58. The van der Waals surface area contributed by atoms with Gasteiger partial charge in [0.1, 0.15) is 17.7 Å². The van der Waals surface area contributed by atoms with E-state index in [0.717, 1.165) is 31.0 Å². The highest BCUT2D eigenvalue weighted by Gasteiger charge is 2.28. The number of nitrogens with zero attached hydrogens (tertiary/aromatic N) is 3. The van der Waals surface area contributed by atoms with E-state index in [1.165, 1.54) is 0 Å². The number of methoxy groups -OCH3 is 1. The molecule has 7 heteroatoms. The molecule has 2 heterocycles. The van der Waals surface area contributed by atoms with Crippen LogP contribution < -0.4 is 10.2 Å². The molecule has 0 saturated carbocycles. The van der Waals surface area contributed by atoms with Gasteiger partial charge in [-0.2, -0.15) is 0 Å². The Balaban J connectivity index is 1.73. The Kier molecular flexibility index (Phi) is 5.76. The summed E-state index contributed by atoms with van der Waals surface area (Å²) in [7, 11) is 1.68. The van der Waals surface area contributed by atoms with Gasteiger partial charge in [-0.1, -0.05) is 0 Å². The molecule has 128 valence electrons. The molecular formula is C16H26N4O3. The minimum absolute atomic E-state index is 0.361. The van der Waals surface area contributed by atoms with Gasteiger partial charge in [0.2, 0.25) is 0 Å². The Labute approximate surface area is 137 Å². The molecule has 0 atom stereocenters. The van der Waals surface area contributed by atoms with Crippen LogP contribution in [0.15, 0.2) is 12.4 Å². The molecule has 0 aliphatic carbocycles. The summed E-state index contributed by atoms with van der Waals surface area (Å²) in [5.41, 5.74) is 0.516. The summed E-state index contributed by atoms with van der Waals surface area (Å²) in [5.74, 6) is 1.35. The highest BCUT2D eigenvalue weighted by Crippen LogP contribution is 2.22. The lowest BCUT2D eigenvalue weighted by Gasteiger charge is -2.40. The van der Waals surface area contributed by atoms with Crippen LogP contribution in [0.2, 0.25) is 0 Å². The summed E-state index contributed by atoms with van der Waals surface area (Å²) in [5, 5.41) is 2.82. The summed E-state index contributed by atoms with van der Waals surface area (Å²) >= 11 is 0. The minimum atomic E-state index is -0.463. The van der Waals surface area contributed by atoms with Crippen molar-refractivity contribution in [1.29, 1.82) is 0 Å². The molecule has 0 bridgehead atoms. The summed E-state index contributed by atoms with van der Waals surface area (Å²) in [6, 6.07) is 2.00. The van der Waals surface area contributed by atoms with Crippen LogP contribution in [0.4, 0.5) is 10.6 Å². The number of ether oxygens (including phenoxy) is 2. The van der Waals surface area contributed by atoms with Gasteiger partial charge in [-0.25, -0.2) is 14.8 Å². The molecule has 7 nitrogen and oxygen atoms in total. The van der Waals surface area contributed by atoms with Crippen LogP contribution in [0.25, 0.3) is 0 Å². The van der Waals surface area contributed by atoms with E-state index in [0.29, 0.717) is 19.1 Å². The van der Waals surface area contributed by atoms with E-state index < -0.39 is 5.60 Å². The maximum absolute atomic E-state index is 11.6. The van der Waals surface area contributed by atoms with Gasteiger partial charge < -0.3 is 19.7 Å². The maximum Gasteiger partial charge on any atom is 0.407 e. The number of amides is 1. The quantitative estimate of drug-likeness (QED) is 0.858. The largest absolute Gasteiger partial charge is 0.444 e. The second kappa shape index (κ2) is 7.59. The average molecular weight is 322 g/mol. The van der Waals surface area contributed by atoms with Crippen LogP contribution in [0.1, 0.15) is 26.5 Å². The van der Waals surface area contributed by atoms with Crippen LogP contribution in [-0.4, -0.2) is 55.0 Å². The van der Waals surface area contributed by atoms with Crippen LogP contribution >= 0.6 is 0 Å². The van der Waals surface area contributed by atoms with Gasteiger partial charge in [-0.15, -0.1) is 0 Å². The van der Waals surface area contributed by atoms with Crippen molar-refractivity contribution in [2.75, 3.05) is 38.3 Å². The maximum atomic E-state index is 11.6. The number of anilines is 1. The van der Waals surface area contributed by atoms with Crippen molar-refractivity contribution in [1.82, 2.24) is 15.3 Å². The van der Waals surface area contributed by atoms with Crippen molar-refractivity contribution in [3.05, 3.63) is 18.1 Å². The van der Waals surface area contributed by atoms with Crippen molar-refractivity contribution in [3.63, 3.8) is 0 Å². The molecule has 1 fully saturated rings. The molecular weight excluding hydrogens is 296 g/mol. The first-order chi connectivity index (χ1) is 10.9. The number of hydrogen-bond donors (Lipinski definition) is 1. The number of nitrogens with one attached hydrogen (secondary N) is 1. The Morgan fingerprint density at radius 2 is 2.13 bits per heavy atom. The third kappa shape index (κ3) is 5.67. The smallest absolute Gasteiger partial charge is 0.407 e. The Bertz CT molecular complexity index is 524. The zero-order valence-electron chi connectivity index (χ0n) is 14.3. The highest BCUT2D eigenvalue weighted by molar-refractivity contribution is 5.67. The number of alkyl carbamates (subject to hydrolysis) is 1. The number of carbonyl (C=O) groups is 1. The molecule has 1 aromatic rings. The van der Waals surface area contributed by atoms with Gasteiger partial charge in [0.25, 0.3) is 0 Å². The predicted molar refractivity (Wildman–Crippen MR) is 87.6 cm³/mol. The van der Waals surface area contributed by atoms with Gasteiger partial charge in [0.05, 0.1) is 6.61 Å². The SMILES string of the molecule is COCCc1cc(N2CC(CNC(=O)OC(C)(C)C)C2)ncn1. The standard InChI is InChI=1S/C16H26N4O3/c1-16(2,3)23-15(21)17-8-12-9-20(10-12)14-7-13(5-6-22-4)18-11-19-14/h7,11-12H,5-6,8-10H2,1-4H3,(H,17,21). The third-order valence-electron chi connectivity index (χ3n) is 3.49. The van der Waals surface area contributed by atoms with E-state index in [-0.39, 0.29) is 6.09 Å². The zero-order valence-corrected chi connectivity index (χ0v) is 14.3. The molecule has 0 radical (unpaired) electrons. The fraction of sp³-hybridized carbons (Fsp3) is 0.688. The predicted octanol–water partition coefficient (Wildman–Crippen LogP) is 1.63. The highest BCUT2D eigenvalue weighted by atomic mass is 16.6. The second-order valence-electron chi connectivity index (χ2n) is 6.76. The van der Waals surface area contributed by atoms with E-state index in [1.54, 1.807) is 13.4 Å². The molecule has 1 aromatic heterocycles. The molecule has 23 heavy (non-hydrogen) atoms. The van der Waals surface area contributed by atoms with E-state index >= 15 is 0 Å². The van der Waals surface area contributed by atoms with Crippen molar-refractivity contribution in [2.45, 2.75) is 32.8 Å². The molecule has 0 aromatic carbocycles. The van der Waals surface area contributed by atoms with Crippen LogP contribution in [0.3, 0.4) is 0 Å². The summed E-state index contributed by atoms with van der Waals surface area (Å²) in [4.78, 5) is 22.3. The average Bonchev–Trinajstić information content (AvgIpc) is 2.42. The normalized spacial score (nSPS) is 15.2. The first-order valence-corrected chi connectivity index (χ1v) is 7.89. The third-order valence-corrected chi connectivity index (χ3v) is 3.49.